The van der Waals surface area contributed by atoms with Crippen LogP contribution in [0.4, 0.5) is 0 Å². The van der Waals surface area contributed by atoms with Crippen LogP contribution in [0.3, 0.4) is 0 Å². The number of nitrogens with one attached hydrogen (secondary N) is 1. The Morgan fingerprint density at radius 2 is 1.90 bits per heavy atom. The molecule has 1 unspecified atom stereocenters. The molecule has 0 aliphatic rings. The summed E-state index contributed by atoms with van der Waals surface area (Å²) in [5.74, 6) is -1.13. The Kier molecular flexibility index (Phi) is 6.06. The number of hydrogen-bond acceptors (Lipinski definition) is 6. The smallest absolute Gasteiger partial charge is 0.332 e. The summed E-state index contributed by atoms with van der Waals surface area (Å²) in [4.78, 5) is 52.9. The van der Waals surface area contributed by atoms with Crippen molar-refractivity contribution in [2.45, 2.75) is 19.5 Å². The lowest BCUT2D eigenvalue weighted by molar-refractivity contribution is -0.145. The van der Waals surface area contributed by atoms with E-state index in [1.165, 1.54) is 36.5 Å². The van der Waals surface area contributed by atoms with E-state index in [9.17, 15) is 19.2 Å². The third kappa shape index (κ3) is 3.99. The van der Waals surface area contributed by atoms with E-state index < -0.39 is 29.2 Å². The molecule has 0 spiro atoms. The first kappa shape index (κ1) is 21.3. The lowest BCUT2D eigenvalue weighted by Crippen LogP contribution is -2.40. The van der Waals surface area contributed by atoms with E-state index >= 15 is 0 Å². The van der Waals surface area contributed by atoms with Crippen molar-refractivity contribution in [1.82, 2.24) is 24.0 Å². The highest BCUT2D eigenvalue weighted by molar-refractivity contribution is 6.33. The van der Waals surface area contributed by atoms with Crippen LogP contribution in [0.1, 0.15) is 17.3 Å². The summed E-state index contributed by atoms with van der Waals surface area (Å²) in [6, 6.07) is 5.59. The molecule has 0 aliphatic carbocycles. The molecular weight excluding hydrogens is 414 g/mol. The predicted octanol–water partition coefficient (Wildman–Crippen LogP) is 0.449. The van der Waals surface area contributed by atoms with Crippen LogP contribution in [0.2, 0.25) is 5.02 Å². The first-order valence-corrected chi connectivity index (χ1v) is 9.43. The van der Waals surface area contributed by atoms with Crippen molar-refractivity contribution in [3.63, 3.8) is 0 Å². The van der Waals surface area contributed by atoms with Gasteiger partial charge < -0.3 is 14.6 Å². The van der Waals surface area contributed by atoms with Gasteiger partial charge in [-0.2, -0.15) is 0 Å². The van der Waals surface area contributed by atoms with E-state index in [0.29, 0.717) is 0 Å². The Labute approximate surface area is 175 Å². The molecule has 1 aromatic carbocycles. The molecule has 0 aliphatic heterocycles. The molecule has 2 heterocycles. The van der Waals surface area contributed by atoms with Gasteiger partial charge in [-0.3, -0.25) is 18.7 Å². The maximum absolute atomic E-state index is 12.4. The Morgan fingerprint density at radius 1 is 1.20 bits per heavy atom. The zero-order chi connectivity index (χ0) is 22.0. The molecule has 0 saturated carbocycles. The van der Waals surface area contributed by atoms with E-state index in [2.05, 4.69) is 10.3 Å². The zero-order valence-corrected chi connectivity index (χ0v) is 17.3. The number of nitrogens with zero attached hydrogens (tertiary/aromatic N) is 4. The van der Waals surface area contributed by atoms with Crippen molar-refractivity contribution in [1.29, 1.82) is 0 Å². The van der Waals surface area contributed by atoms with E-state index in [-0.39, 0.29) is 34.9 Å². The number of benzene rings is 1. The number of aromatic nitrogens is 4. The summed E-state index contributed by atoms with van der Waals surface area (Å²) in [6.07, 6.45) is 1.40. The first-order chi connectivity index (χ1) is 14.2. The van der Waals surface area contributed by atoms with Gasteiger partial charge in [-0.15, -0.1) is 0 Å². The van der Waals surface area contributed by atoms with Crippen LogP contribution < -0.4 is 16.6 Å². The minimum atomic E-state index is -0.901. The van der Waals surface area contributed by atoms with Gasteiger partial charge in [-0.05, 0) is 19.1 Å². The number of imidazole rings is 1. The molecule has 3 aromatic rings. The van der Waals surface area contributed by atoms with E-state index in [1.807, 2.05) is 0 Å². The number of esters is 1. The van der Waals surface area contributed by atoms with Crippen LogP contribution in [0.15, 0.2) is 40.2 Å². The maximum atomic E-state index is 12.4. The molecular formula is C19H20ClN5O5. The van der Waals surface area contributed by atoms with Gasteiger partial charge in [0.2, 0.25) is 0 Å². The van der Waals surface area contributed by atoms with Crippen LogP contribution in [0.5, 0.6) is 0 Å². The van der Waals surface area contributed by atoms with Gasteiger partial charge in [0.05, 0.1) is 23.5 Å². The molecule has 0 bridgehead atoms. The van der Waals surface area contributed by atoms with Crippen molar-refractivity contribution < 1.29 is 14.3 Å². The Hall–Kier alpha value is -3.40. The number of halogens is 1. The number of carbonyl (C=O) groups is 2. The van der Waals surface area contributed by atoms with Crippen LogP contribution in [0, 0.1) is 0 Å². The van der Waals surface area contributed by atoms with Crippen molar-refractivity contribution in [3.05, 3.63) is 62.0 Å². The molecule has 10 nitrogen and oxygen atoms in total. The molecule has 1 amide bonds. The van der Waals surface area contributed by atoms with E-state index in [1.54, 1.807) is 24.3 Å². The highest BCUT2D eigenvalue weighted by atomic mass is 35.5. The monoisotopic (exact) mass is 433 g/mol. The number of aryl methyl sites for hydroxylation is 1. The number of hydrogen-bond donors (Lipinski definition) is 1. The quantitative estimate of drug-likeness (QED) is 0.564. The Bertz CT molecular complexity index is 1240. The molecule has 0 saturated heterocycles. The molecule has 1 N–H and O–H groups in total. The number of ether oxygens (including phenoxy) is 1. The summed E-state index contributed by atoms with van der Waals surface area (Å²) < 4.78 is 8.97. The topological polar surface area (TPSA) is 117 Å². The number of rotatable bonds is 6. The lowest BCUT2D eigenvalue weighted by Gasteiger charge is -2.14. The van der Waals surface area contributed by atoms with Crippen LogP contribution in [-0.2, 0) is 30.2 Å². The van der Waals surface area contributed by atoms with Gasteiger partial charge in [-0.1, -0.05) is 23.7 Å². The normalized spacial score (nSPS) is 12.0. The molecule has 1 atom stereocenters. The average Bonchev–Trinajstić information content (AvgIpc) is 3.14. The summed E-state index contributed by atoms with van der Waals surface area (Å²) in [5, 5.41) is 2.81. The fourth-order valence-corrected chi connectivity index (χ4v) is 3.14. The fourth-order valence-electron chi connectivity index (χ4n) is 2.91. The number of carbonyl (C=O) groups excluding carboxylic acids is 2. The van der Waals surface area contributed by atoms with Gasteiger partial charge in [-0.25, -0.2) is 14.6 Å². The first-order valence-electron chi connectivity index (χ1n) is 9.05. The van der Waals surface area contributed by atoms with Gasteiger partial charge in [0.15, 0.2) is 11.2 Å². The van der Waals surface area contributed by atoms with Gasteiger partial charge in [0.1, 0.15) is 12.6 Å². The summed E-state index contributed by atoms with van der Waals surface area (Å²) in [5.41, 5.74) is -0.236. The third-order valence-electron chi connectivity index (χ3n) is 4.61. The maximum Gasteiger partial charge on any atom is 0.332 e. The lowest BCUT2D eigenvalue weighted by atomic mass is 10.2. The number of amides is 1. The zero-order valence-electron chi connectivity index (χ0n) is 16.6. The molecule has 0 radical (unpaired) electrons. The van der Waals surface area contributed by atoms with Crippen molar-refractivity contribution in [2.75, 3.05) is 6.61 Å². The summed E-state index contributed by atoms with van der Waals surface area (Å²) >= 11 is 5.98. The Morgan fingerprint density at radius 3 is 2.60 bits per heavy atom. The average molecular weight is 434 g/mol. The second kappa shape index (κ2) is 8.54. The molecule has 11 heteroatoms. The van der Waals surface area contributed by atoms with Crippen LogP contribution in [0.25, 0.3) is 11.2 Å². The van der Waals surface area contributed by atoms with Crippen molar-refractivity contribution in [3.8, 4) is 0 Å². The fraction of sp³-hybridized carbons (Fsp3) is 0.316. The molecule has 0 fully saturated rings. The minimum absolute atomic E-state index is 0.0530. The van der Waals surface area contributed by atoms with Crippen molar-refractivity contribution in [2.24, 2.45) is 14.1 Å². The second-order valence-electron chi connectivity index (χ2n) is 6.66. The van der Waals surface area contributed by atoms with Crippen LogP contribution in [-0.4, -0.2) is 43.2 Å². The molecule has 30 heavy (non-hydrogen) atoms. The van der Waals surface area contributed by atoms with Crippen molar-refractivity contribution >= 4 is 34.6 Å². The predicted molar refractivity (Wildman–Crippen MR) is 110 cm³/mol. The standard InChI is InChI=1S/C19H20ClN5O5/c1-11(22-16(26)12-6-4-5-7-13(12)20)18(28)30-9-8-25-10-21-15-14(25)17(27)24(3)19(29)23(15)2/h4-7,10-11H,8-9H2,1-3H3,(H,22,26). The van der Waals surface area contributed by atoms with Gasteiger partial charge >= 0.3 is 11.7 Å². The van der Waals surface area contributed by atoms with Gasteiger partial charge in [0, 0.05) is 14.1 Å². The van der Waals surface area contributed by atoms with E-state index in [0.717, 1.165) is 4.57 Å². The highest BCUT2D eigenvalue weighted by Gasteiger charge is 2.20. The third-order valence-corrected chi connectivity index (χ3v) is 4.94. The molecule has 3 rings (SSSR count). The summed E-state index contributed by atoms with van der Waals surface area (Å²) in [6.45, 7) is 1.60. The highest BCUT2D eigenvalue weighted by Crippen LogP contribution is 2.14. The van der Waals surface area contributed by atoms with E-state index in [4.69, 9.17) is 16.3 Å². The number of fused-ring (bicyclic) bond motifs is 1. The van der Waals surface area contributed by atoms with Crippen LogP contribution >= 0.6 is 11.6 Å². The summed E-state index contributed by atoms with van der Waals surface area (Å²) in [7, 11) is 2.90. The SMILES string of the molecule is CC(NC(=O)c1ccccc1Cl)C(=O)OCCn1cnc2c1c(=O)n(C)c(=O)n2C. The second-order valence-corrected chi connectivity index (χ2v) is 7.07. The molecule has 158 valence electrons. The molecule has 2 aromatic heterocycles. The van der Waals surface area contributed by atoms with Gasteiger partial charge in [0.25, 0.3) is 11.5 Å². The minimum Gasteiger partial charge on any atom is -0.462 e. The Balaban J connectivity index is 1.63. The largest absolute Gasteiger partial charge is 0.462 e.